The van der Waals surface area contributed by atoms with Crippen LogP contribution in [-0.4, -0.2) is 36.4 Å². The monoisotopic (exact) mass is 180 g/mol. The van der Waals surface area contributed by atoms with Crippen molar-refractivity contribution in [2.45, 2.75) is 6.10 Å². The van der Waals surface area contributed by atoms with E-state index in [1.54, 1.807) is 6.20 Å². The number of pyridine rings is 1. The molecule has 1 aliphatic rings. The summed E-state index contributed by atoms with van der Waals surface area (Å²) >= 11 is 0. The topological polar surface area (TPSA) is 45.6 Å². The summed E-state index contributed by atoms with van der Waals surface area (Å²) in [6.45, 7) is 0.732. The molecule has 1 aromatic heterocycles. The van der Waals surface area contributed by atoms with Crippen LogP contribution in [0.1, 0.15) is 0 Å². The van der Waals surface area contributed by atoms with E-state index in [2.05, 4.69) is 4.98 Å². The molecule has 2 heterocycles. The number of nitrogens with zero attached hydrogens (tertiary/aromatic N) is 2. The van der Waals surface area contributed by atoms with E-state index >= 15 is 0 Å². The third-order valence-electron chi connectivity index (χ3n) is 2.12. The molecule has 0 saturated carbocycles. The standard InChI is InChI=1S/C9H12N2O2/c1-11-5-7(6-12)13-9-8(11)3-2-4-10-9/h2-4,7,12H,5-6H2,1H3. The number of aliphatic hydroxyl groups excluding tert-OH is 1. The SMILES string of the molecule is CN1CC(CO)Oc2ncccc21. The first-order valence-electron chi connectivity index (χ1n) is 4.25. The van der Waals surface area contributed by atoms with Crippen LogP contribution in [0.2, 0.25) is 0 Å². The van der Waals surface area contributed by atoms with Crippen LogP contribution >= 0.6 is 0 Å². The Morgan fingerprint density at radius 1 is 1.77 bits per heavy atom. The Morgan fingerprint density at radius 3 is 3.38 bits per heavy atom. The smallest absolute Gasteiger partial charge is 0.237 e. The Balaban J connectivity index is 2.31. The lowest BCUT2D eigenvalue weighted by Crippen LogP contribution is -2.40. The minimum absolute atomic E-state index is 0.0281. The normalized spacial score (nSPS) is 20.8. The molecule has 1 aliphatic heterocycles. The Bertz CT molecular complexity index is 303. The third-order valence-corrected chi connectivity index (χ3v) is 2.12. The van der Waals surface area contributed by atoms with Crippen LogP contribution in [0.15, 0.2) is 18.3 Å². The van der Waals surface area contributed by atoms with Crippen molar-refractivity contribution in [3.8, 4) is 5.88 Å². The van der Waals surface area contributed by atoms with Gasteiger partial charge in [-0.05, 0) is 12.1 Å². The average Bonchev–Trinajstić information content (AvgIpc) is 2.18. The first-order chi connectivity index (χ1) is 6.31. The summed E-state index contributed by atoms with van der Waals surface area (Å²) in [7, 11) is 1.96. The first-order valence-corrected chi connectivity index (χ1v) is 4.25. The second kappa shape index (κ2) is 3.22. The fourth-order valence-corrected chi connectivity index (χ4v) is 1.46. The molecular weight excluding hydrogens is 168 g/mol. The summed E-state index contributed by atoms with van der Waals surface area (Å²) in [5, 5.41) is 8.95. The second-order valence-corrected chi connectivity index (χ2v) is 3.13. The van der Waals surface area contributed by atoms with Crippen LogP contribution < -0.4 is 9.64 Å². The predicted molar refractivity (Wildman–Crippen MR) is 49.0 cm³/mol. The van der Waals surface area contributed by atoms with E-state index in [9.17, 15) is 0 Å². The number of fused-ring (bicyclic) bond motifs is 1. The van der Waals surface area contributed by atoms with Crippen LogP contribution in [0.4, 0.5) is 5.69 Å². The van der Waals surface area contributed by atoms with Gasteiger partial charge < -0.3 is 14.7 Å². The van der Waals surface area contributed by atoms with E-state index in [-0.39, 0.29) is 12.7 Å². The molecule has 4 heteroatoms. The van der Waals surface area contributed by atoms with Gasteiger partial charge in [-0.2, -0.15) is 0 Å². The van der Waals surface area contributed by atoms with Gasteiger partial charge in [-0.3, -0.25) is 0 Å². The van der Waals surface area contributed by atoms with Gasteiger partial charge in [0.2, 0.25) is 5.88 Å². The van der Waals surface area contributed by atoms with Gasteiger partial charge in [-0.15, -0.1) is 0 Å². The highest BCUT2D eigenvalue weighted by Gasteiger charge is 2.22. The lowest BCUT2D eigenvalue weighted by Gasteiger charge is -2.31. The molecule has 0 fully saturated rings. The number of rotatable bonds is 1. The summed E-state index contributed by atoms with van der Waals surface area (Å²) in [5.74, 6) is 0.607. The molecule has 1 unspecified atom stereocenters. The van der Waals surface area contributed by atoms with Crippen molar-refractivity contribution in [1.82, 2.24) is 4.98 Å². The highest BCUT2D eigenvalue weighted by atomic mass is 16.5. The number of aliphatic hydroxyl groups is 1. The highest BCUT2D eigenvalue weighted by molar-refractivity contribution is 5.55. The minimum Gasteiger partial charge on any atom is -0.469 e. The van der Waals surface area contributed by atoms with Crippen LogP contribution in [-0.2, 0) is 0 Å². The maximum Gasteiger partial charge on any atom is 0.237 e. The van der Waals surface area contributed by atoms with E-state index in [0.29, 0.717) is 12.4 Å². The summed E-state index contributed by atoms with van der Waals surface area (Å²) in [6, 6.07) is 3.83. The second-order valence-electron chi connectivity index (χ2n) is 3.13. The molecular formula is C9H12N2O2. The van der Waals surface area contributed by atoms with Crippen LogP contribution in [0.5, 0.6) is 5.88 Å². The zero-order valence-corrected chi connectivity index (χ0v) is 7.47. The zero-order valence-electron chi connectivity index (χ0n) is 7.47. The Labute approximate surface area is 76.8 Å². The highest BCUT2D eigenvalue weighted by Crippen LogP contribution is 2.29. The van der Waals surface area contributed by atoms with E-state index in [1.165, 1.54) is 0 Å². The largest absolute Gasteiger partial charge is 0.469 e. The molecule has 2 rings (SSSR count). The van der Waals surface area contributed by atoms with E-state index in [0.717, 1.165) is 5.69 Å². The van der Waals surface area contributed by atoms with Gasteiger partial charge in [0.05, 0.1) is 18.8 Å². The molecule has 1 N–H and O–H groups in total. The number of likely N-dealkylation sites (N-methyl/N-ethyl adjacent to an activating group) is 1. The molecule has 0 aromatic carbocycles. The number of anilines is 1. The molecule has 0 saturated heterocycles. The van der Waals surface area contributed by atoms with Crippen molar-refractivity contribution in [3.05, 3.63) is 18.3 Å². The molecule has 13 heavy (non-hydrogen) atoms. The van der Waals surface area contributed by atoms with E-state index in [1.807, 2.05) is 24.1 Å². The van der Waals surface area contributed by atoms with Gasteiger partial charge >= 0.3 is 0 Å². The van der Waals surface area contributed by atoms with Crippen molar-refractivity contribution in [1.29, 1.82) is 0 Å². The number of hydrogen-bond donors (Lipinski definition) is 1. The van der Waals surface area contributed by atoms with Gasteiger partial charge in [0.15, 0.2) is 0 Å². The summed E-state index contributed by atoms with van der Waals surface area (Å²) < 4.78 is 5.45. The summed E-state index contributed by atoms with van der Waals surface area (Å²) in [5.41, 5.74) is 0.979. The molecule has 0 amide bonds. The van der Waals surface area contributed by atoms with Gasteiger partial charge in [0.25, 0.3) is 0 Å². The van der Waals surface area contributed by atoms with Crippen molar-refractivity contribution in [3.63, 3.8) is 0 Å². The van der Waals surface area contributed by atoms with Crippen LogP contribution in [0.25, 0.3) is 0 Å². The third kappa shape index (κ3) is 1.45. The maximum absolute atomic E-state index is 8.95. The molecule has 70 valence electrons. The molecule has 1 atom stereocenters. The van der Waals surface area contributed by atoms with Crippen molar-refractivity contribution < 1.29 is 9.84 Å². The maximum atomic E-state index is 8.95. The Hall–Kier alpha value is -1.29. The average molecular weight is 180 g/mol. The summed E-state index contributed by atoms with van der Waals surface area (Å²) in [4.78, 5) is 6.13. The number of aromatic nitrogens is 1. The van der Waals surface area contributed by atoms with Crippen LogP contribution in [0.3, 0.4) is 0 Å². The zero-order chi connectivity index (χ0) is 9.26. The molecule has 0 spiro atoms. The van der Waals surface area contributed by atoms with Crippen molar-refractivity contribution >= 4 is 5.69 Å². The summed E-state index contributed by atoms with van der Waals surface area (Å²) in [6.07, 6.45) is 1.53. The predicted octanol–water partition coefficient (Wildman–Crippen LogP) is 0.271. The van der Waals surface area contributed by atoms with E-state index < -0.39 is 0 Å². The van der Waals surface area contributed by atoms with Gasteiger partial charge in [0.1, 0.15) is 6.10 Å². The lowest BCUT2D eigenvalue weighted by molar-refractivity contribution is 0.109. The molecule has 1 aromatic rings. The fourth-order valence-electron chi connectivity index (χ4n) is 1.46. The van der Waals surface area contributed by atoms with Gasteiger partial charge in [0, 0.05) is 13.2 Å². The van der Waals surface area contributed by atoms with E-state index in [4.69, 9.17) is 9.84 Å². The first kappa shape index (κ1) is 8.31. The molecule has 0 radical (unpaired) electrons. The lowest BCUT2D eigenvalue weighted by atomic mass is 10.2. The number of ether oxygens (including phenoxy) is 1. The minimum atomic E-state index is -0.160. The fraction of sp³-hybridized carbons (Fsp3) is 0.444. The Morgan fingerprint density at radius 2 is 2.62 bits per heavy atom. The molecule has 0 aliphatic carbocycles. The molecule has 0 bridgehead atoms. The van der Waals surface area contributed by atoms with Gasteiger partial charge in [-0.1, -0.05) is 0 Å². The van der Waals surface area contributed by atoms with Crippen molar-refractivity contribution in [2.75, 3.05) is 25.1 Å². The molecule has 4 nitrogen and oxygen atoms in total. The Kier molecular flexibility index (Phi) is 2.06. The van der Waals surface area contributed by atoms with Crippen LogP contribution in [0, 0.1) is 0 Å². The van der Waals surface area contributed by atoms with Gasteiger partial charge in [-0.25, -0.2) is 4.98 Å². The quantitative estimate of drug-likeness (QED) is 0.674. The van der Waals surface area contributed by atoms with Crippen molar-refractivity contribution in [2.24, 2.45) is 0 Å². The number of hydrogen-bond acceptors (Lipinski definition) is 4.